The Kier molecular flexibility index (Phi) is 3.94. The van der Waals surface area contributed by atoms with Crippen LogP contribution in [0.4, 0.5) is 18.3 Å². The Morgan fingerprint density at radius 1 is 1.26 bits per heavy atom. The molecule has 1 heterocycles. The summed E-state index contributed by atoms with van der Waals surface area (Å²) in [6, 6.07) is 5.72. The number of nitrogens with zero attached hydrogens (tertiary/aromatic N) is 1. The number of ether oxygens (including phenoxy) is 1. The summed E-state index contributed by atoms with van der Waals surface area (Å²) in [5, 5.41) is 5.76. The van der Waals surface area contributed by atoms with Gasteiger partial charge in [-0.3, -0.25) is 0 Å². The van der Waals surface area contributed by atoms with Crippen LogP contribution >= 0.6 is 11.3 Å². The lowest BCUT2D eigenvalue weighted by atomic mass is 10.1. The molecule has 0 saturated heterocycles. The highest BCUT2D eigenvalue weighted by molar-refractivity contribution is 7.13. The zero-order valence-electron chi connectivity index (χ0n) is 9.94. The first-order chi connectivity index (χ1) is 8.94. The van der Waals surface area contributed by atoms with Crippen LogP contribution in [0.2, 0.25) is 0 Å². The van der Waals surface area contributed by atoms with Gasteiger partial charge in [0.15, 0.2) is 5.13 Å². The maximum atomic E-state index is 12.0. The van der Waals surface area contributed by atoms with Gasteiger partial charge in [-0.15, -0.1) is 24.5 Å². The van der Waals surface area contributed by atoms with Crippen molar-refractivity contribution in [2.24, 2.45) is 0 Å². The van der Waals surface area contributed by atoms with E-state index in [2.05, 4.69) is 15.0 Å². The molecule has 102 valence electrons. The Bertz CT molecular complexity index is 511. The lowest BCUT2D eigenvalue weighted by Gasteiger charge is -2.14. The summed E-state index contributed by atoms with van der Waals surface area (Å²) in [6.07, 6.45) is -2.98. The first-order valence-electron chi connectivity index (χ1n) is 5.46. The fourth-order valence-corrected chi connectivity index (χ4v) is 2.14. The van der Waals surface area contributed by atoms with Crippen LogP contribution in [-0.4, -0.2) is 11.3 Å². The van der Waals surface area contributed by atoms with Crippen molar-refractivity contribution in [3.05, 3.63) is 41.4 Å². The number of nitrogens with one attached hydrogen (secondary N) is 1. The number of thiazole rings is 1. The van der Waals surface area contributed by atoms with Crippen molar-refractivity contribution in [2.45, 2.75) is 19.3 Å². The molecule has 0 radical (unpaired) electrons. The van der Waals surface area contributed by atoms with E-state index in [1.807, 2.05) is 12.3 Å². The predicted molar refractivity (Wildman–Crippen MR) is 67.3 cm³/mol. The third-order valence-electron chi connectivity index (χ3n) is 2.39. The third-order valence-corrected chi connectivity index (χ3v) is 3.09. The standard InChI is InChI=1S/C12H11F3N2OS/c1-8(17-11-16-6-7-19-11)9-2-4-10(5-3-9)18-12(13,14)15/h2-8H,1H3,(H,16,17). The highest BCUT2D eigenvalue weighted by Gasteiger charge is 2.30. The van der Waals surface area contributed by atoms with Crippen molar-refractivity contribution in [3.63, 3.8) is 0 Å². The van der Waals surface area contributed by atoms with Crippen LogP contribution in [0.5, 0.6) is 5.75 Å². The second kappa shape index (κ2) is 5.48. The molecule has 3 nitrogen and oxygen atoms in total. The van der Waals surface area contributed by atoms with Crippen LogP contribution in [0.15, 0.2) is 35.8 Å². The van der Waals surface area contributed by atoms with Gasteiger partial charge in [0.2, 0.25) is 0 Å². The summed E-state index contributed by atoms with van der Waals surface area (Å²) in [6.45, 7) is 1.90. The van der Waals surface area contributed by atoms with Crippen LogP contribution in [-0.2, 0) is 0 Å². The predicted octanol–water partition coefficient (Wildman–Crippen LogP) is 4.21. The third kappa shape index (κ3) is 4.13. The molecule has 1 aromatic carbocycles. The van der Waals surface area contributed by atoms with E-state index in [4.69, 9.17) is 0 Å². The Hall–Kier alpha value is -1.76. The molecule has 1 aromatic heterocycles. The molecule has 0 saturated carbocycles. The lowest BCUT2D eigenvalue weighted by molar-refractivity contribution is -0.274. The van der Waals surface area contributed by atoms with Gasteiger partial charge in [0.1, 0.15) is 5.75 Å². The number of hydrogen-bond donors (Lipinski definition) is 1. The molecule has 2 rings (SSSR count). The van der Waals surface area contributed by atoms with E-state index in [-0.39, 0.29) is 11.8 Å². The first kappa shape index (κ1) is 13.7. The van der Waals surface area contributed by atoms with Crippen LogP contribution in [0.3, 0.4) is 0 Å². The summed E-state index contributed by atoms with van der Waals surface area (Å²) in [7, 11) is 0. The molecule has 2 aromatic rings. The van der Waals surface area contributed by atoms with E-state index in [0.717, 1.165) is 10.7 Å². The highest BCUT2D eigenvalue weighted by atomic mass is 32.1. The van der Waals surface area contributed by atoms with Crippen molar-refractivity contribution in [2.75, 3.05) is 5.32 Å². The molecule has 0 fully saturated rings. The van der Waals surface area contributed by atoms with Crippen LogP contribution in [0.1, 0.15) is 18.5 Å². The minimum atomic E-state index is -4.66. The number of benzene rings is 1. The quantitative estimate of drug-likeness (QED) is 0.915. The second-order valence-electron chi connectivity index (χ2n) is 3.82. The number of aromatic nitrogens is 1. The van der Waals surface area contributed by atoms with Crippen LogP contribution in [0.25, 0.3) is 0 Å². The lowest BCUT2D eigenvalue weighted by Crippen LogP contribution is -2.17. The summed E-state index contributed by atoms with van der Waals surface area (Å²) in [4.78, 5) is 4.08. The Morgan fingerprint density at radius 2 is 1.95 bits per heavy atom. The van der Waals surface area contributed by atoms with Gasteiger partial charge in [0, 0.05) is 11.6 Å². The molecule has 0 bridgehead atoms. The first-order valence-corrected chi connectivity index (χ1v) is 6.34. The second-order valence-corrected chi connectivity index (χ2v) is 4.71. The molecule has 7 heteroatoms. The molecule has 1 atom stereocenters. The molecule has 1 N–H and O–H groups in total. The molecule has 0 amide bonds. The normalized spacial score (nSPS) is 13.1. The minimum absolute atomic E-state index is 0.0499. The maximum absolute atomic E-state index is 12.0. The molecule has 0 aliphatic heterocycles. The van der Waals surface area contributed by atoms with E-state index in [0.29, 0.717) is 0 Å². The Morgan fingerprint density at radius 3 is 2.47 bits per heavy atom. The number of halogens is 3. The highest BCUT2D eigenvalue weighted by Crippen LogP contribution is 2.26. The fourth-order valence-electron chi connectivity index (χ4n) is 1.52. The van der Waals surface area contributed by atoms with Crippen molar-refractivity contribution in [3.8, 4) is 5.75 Å². The number of anilines is 1. The number of alkyl halides is 3. The molecular weight excluding hydrogens is 277 g/mol. The molecular formula is C12H11F3N2OS. The van der Waals surface area contributed by atoms with E-state index in [9.17, 15) is 13.2 Å². The maximum Gasteiger partial charge on any atom is 0.573 e. The largest absolute Gasteiger partial charge is 0.573 e. The molecule has 0 aliphatic rings. The van der Waals surface area contributed by atoms with Gasteiger partial charge in [-0.25, -0.2) is 4.98 Å². The summed E-state index contributed by atoms with van der Waals surface area (Å²) >= 11 is 1.46. The Balaban J connectivity index is 2.01. The summed E-state index contributed by atoms with van der Waals surface area (Å²) in [5.41, 5.74) is 0.852. The molecule has 1 unspecified atom stereocenters. The number of rotatable bonds is 4. The van der Waals surface area contributed by atoms with E-state index >= 15 is 0 Å². The van der Waals surface area contributed by atoms with Gasteiger partial charge < -0.3 is 10.1 Å². The molecule has 19 heavy (non-hydrogen) atoms. The minimum Gasteiger partial charge on any atom is -0.406 e. The van der Waals surface area contributed by atoms with Gasteiger partial charge in [-0.05, 0) is 24.6 Å². The van der Waals surface area contributed by atoms with Crippen molar-refractivity contribution in [1.82, 2.24) is 4.98 Å². The molecule has 0 aliphatic carbocycles. The van der Waals surface area contributed by atoms with Crippen LogP contribution in [0, 0.1) is 0 Å². The average Bonchev–Trinajstić information content (AvgIpc) is 2.80. The fraction of sp³-hybridized carbons (Fsp3) is 0.250. The summed E-state index contributed by atoms with van der Waals surface area (Å²) < 4.78 is 39.8. The SMILES string of the molecule is CC(Nc1nccs1)c1ccc(OC(F)(F)F)cc1. The van der Waals surface area contributed by atoms with Crippen LogP contribution < -0.4 is 10.1 Å². The van der Waals surface area contributed by atoms with E-state index in [1.54, 1.807) is 18.3 Å². The zero-order chi connectivity index (χ0) is 13.9. The van der Waals surface area contributed by atoms with Crippen molar-refractivity contribution in [1.29, 1.82) is 0 Å². The van der Waals surface area contributed by atoms with E-state index < -0.39 is 6.36 Å². The van der Waals surface area contributed by atoms with Gasteiger partial charge in [0.25, 0.3) is 0 Å². The van der Waals surface area contributed by atoms with Crippen molar-refractivity contribution >= 4 is 16.5 Å². The van der Waals surface area contributed by atoms with E-state index in [1.165, 1.54) is 23.5 Å². The van der Waals surface area contributed by atoms with Gasteiger partial charge in [-0.1, -0.05) is 12.1 Å². The van der Waals surface area contributed by atoms with Gasteiger partial charge >= 0.3 is 6.36 Å². The monoisotopic (exact) mass is 288 g/mol. The van der Waals surface area contributed by atoms with Crippen molar-refractivity contribution < 1.29 is 17.9 Å². The zero-order valence-corrected chi connectivity index (χ0v) is 10.8. The number of hydrogen-bond acceptors (Lipinski definition) is 4. The average molecular weight is 288 g/mol. The Labute approximate surface area is 112 Å². The molecule has 0 spiro atoms. The topological polar surface area (TPSA) is 34.2 Å². The summed E-state index contributed by atoms with van der Waals surface area (Å²) in [5.74, 6) is -0.224. The smallest absolute Gasteiger partial charge is 0.406 e. The van der Waals surface area contributed by atoms with Gasteiger partial charge in [0.05, 0.1) is 6.04 Å². The van der Waals surface area contributed by atoms with Gasteiger partial charge in [-0.2, -0.15) is 0 Å².